The number of halogens is 3. The van der Waals surface area contributed by atoms with Crippen molar-refractivity contribution in [1.29, 1.82) is 0 Å². The molecule has 25 heavy (non-hydrogen) atoms. The Morgan fingerprint density at radius 2 is 1.84 bits per heavy atom. The van der Waals surface area contributed by atoms with Crippen molar-refractivity contribution < 1.29 is 4.55 Å². The minimum Gasteiger partial charge on any atom is -0.616 e. The molecule has 2 aromatic rings. The maximum absolute atomic E-state index is 11.6. The van der Waals surface area contributed by atoms with Crippen LogP contribution in [0.5, 0.6) is 0 Å². The zero-order valence-corrected chi connectivity index (χ0v) is 17.4. The van der Waals surface area contributed by atoms with Crippen molar-refractivity contribution in [2.45, 2.75) is 30.6 Å². The van der Waals surface area contributed by atoms with Gasteiger partial charge in [-0.2, -0.15) is 0 Å². The van der Waals surface area contributed by atoms with E-state index in [1.165, 1.54) is 16.7 Å². The van der Waals surface area contributed by atoms with Crippen molar-refractivity contribution in [3.8, 4) is 0 Å². The predicted molar refractivity (Wildman–Crippen MR) is 111 cm³/mol. The molecule has 1 aliphatic rings. The summed E-state index contributed by atoms with van der Waals surface area (Å²) in [4.78, 5) is 0. The molecule has 1 aliphatic carbocycles. The molecule has 0 amide bonds. The summed E-state index contributed by atoms with van der Waals surface area (Å²) >= 11 is 11.5. The maximum atomic E-state index is 11.6. The fourth-order valence-electron chi connectivity index (χ4n) is 3.59. The molecular weight excluding hydrogens is 397 g/mol. The molecule has 2 nitrogen and oxygen atoms in total. The maximum Gasteiger partial charge on any atom is 0.130 e. The van der Waals surface area contributed by atoms with Crippen LogP contribution in [-0.2, 0) is 16.9 Å². The molecule has 6 heteroatoms. The van der Waals surface area contributed by atoms with Crippen molar-refractivity contribution in [2.24, 2.45) is 0 Å². The number of hydrogen-bond donors (Lipinski definition) is 1. The minimum atomic E-state index is -0.834. The van der Waals surface area contributed by atoms with E-state index in [0.717, 1.165) is 18.4 Å². The van der Waals surface area contributed by atoms with E-state index in [9.17, 15) is 4.55 Å². The van der Waals surface area contributed by atoms with Crippen molar-refractivity contribution in [3.63, 3.8) is 0 Å². The molecule has 0 fully saturated rings. The summed E-state index contributed by atoms with van der Waals surface area (Å²) in [6.45, 7) is 0. The molecule has 0 saturated carbocycles. The van der Waals surface area contributed by atoms with Gasteiger partial charge in [0.1, 0.15) is 5.75 Å². The van der Waals surface area contributed by atoms with Crippen LogP contribution in [0, 0.1) is 0 Å². The second-order valence-corrected chi connectivity index (χ2v) is 8.58. The smallest absolute Gasteiger partial charge is 0.130 e. The highest BCUT2D eigenvalue weighted by atomic mass is 35.5. The Kier molecular flexibility index (Phi) is 7.51. The van der Waals surface area contributed by atoms with Gasteiger partial charge in [0.15, 0.2) is 0 Å². The van der Waals surface area contributed by atoms with Gasteiger partial charge in [0.05, 0.1) is 16.3 Å². The molecule has 0 aromatic heterocycles. The summed E-state index contributed by atoms with van der Waals surface area (Å²) in [5.41, 5.74) is 4.96. The lowest BCUT2D eigenvalue weighted by Gasteiger charge is -2.32. The molecular formula is C19H22Cl3NOS. The van der Waals surface area contributed by atoms with E-state index in [2.05, 4.69) is 29.6 Å². The zero-order valence-electron chi connectivity index (χ0n) is 14.2. The van der Waals surface area contributed by atoms with Crippen molar-refractivity contribution in [3.05, 3.63) is 68.7 Å². The lowest BCUT2D eigenvalue weighted by Crippen LogP contribution is -2.24. The summed E-state index contributed by atoms with van der Waals surface area (Å²) in [6, 6.07) is 12.8. The molecule has 3 atom stereocenters. The summed E-state index contributed by atoms with van der Waals surface area (Å²) in [5.74, 6) is 0.918. The van der Waals surface area contributed by atoms with Gasteiger partial charge in [0, 0.05) is 17.5 Å². The highest BCUT2D eigenvalue weighted by Crippen LogP contribution is 2.42. The van der Waals surface area contributed by atoms with Crippen LogP contribution in [0.1, 0.15) is 47.1 Å². The Hall–Kier alpha value is -0.420. The van der Waals surface area contributed by atoms with Gasteiger partial charge in [0.25, 0.3) is 0 Å². The van der Waals surface area contributed by atoms with E-state index in [1.54, 1.807) is 6.26 Å². The standard InChI is InChI=1S/C19H21Cl2NOS.ClH/c1-22-19-8-6-14(13-4-7-17(20)18(21)10-13)15-5-3-12(9-16(15)19)11-24(2)23;/h3-5,7,9-10,14,19,22H,6,8,11H2,1-2H3;1H/t14?,19-,24?;/m0./s1. The highest BCUT2D eigenvalue weighted by molar-refractivity contribution is 7.89. The third kappa shape index (κ3) is 4.65. The minimum absolute atomic E-state index is 0. The summed E-state index contributed by atoms with van der Waals surface area (Å²) in [7, 11) is 2.00. The topological polar surface area (TPSA) is 35.1 Å². The van der Waals surface area contributed by atoms with Gasteiger partial charge in [0.2, 0.25) is 0 Å². The molecule has 136 valence electrons. The lowest BCUT2D eigenvalue weighted by atomic mass is 9.76. The van der Waals surface area contributed by atoms with Crippen LogP contribution in [0.2, 0.25) is 10.0 Å². The molecule has 0 spiro atoms. The second-order valence-electron chi connectivity index (χ2n) is 6.33. The van der Waals surface area contributed by atoms with Crippen LogP contribution in [0.3, 0.4) is 0 Å². The summed E-state index contributed by atoms with van der Waals surface area (Å²) in [5, 5.41) is 4.60. The predicted octanol–water partition coefficient (Wildman–Crippen LogP) is 5.48. The third-order valence-corrected chi connectivity index (χ3v) is 6.19. The van der Waals surface area contributed by atoms with Crippen molar-refractivity contribution in [1.82, 2.24) is 5.32 Å². The van der Waals surface area contributed by atoms with Gasteiger partial charge in [-0.3, -0.25) is 0 Å². The van der Waals surface area contributed by atoms with E-state index < -0.39 is 11.2 Å². The monoisotopic (exact) mass is 417 g/mol. The molecule has 0 aliphatic heterocycles. The molecule has 1 N–H and O–H groups in total. The Labute approximate surface area is 168 Å². The van der Waals surface area contributed by atoms with Crippen LogP contribution in [0.4, 0.5) is 0 Å². The van der Waals surface area contributed by atoms with Crippen molar-refractivity contribution >= 4 is 46.8 Å². The number of rotatable bonds is 4. The number of hydrogen-bond acceptors (Lipinski definition) is 2. The van der Waals surface area contributed by atoms with E-state index in [0.29, 0.717) is 27.8 Å². The third-order valence-electron chi connectivity index (χ3n) is 4.71. The molecule has 0 radical (unpaired) electrons. The molecule has 3 rings (SSSR count). The van der Waals surface area contributed by atoms with E-state index in [1.807, 2.05) is 19.2 Å². The zero-order chi connectivity index (χ0) is 17.3. The summed E-state index contributed by atoms with van der Waals surface area (Å²) in [6.07, 6.45) is 3.87. The van der Waals surface area contributed by atoms with E-state index in [-0.39, 0.29) is 12.4 Å². The first-order valence-corrected chi connectivity index (χ1v) is 10.5. The fourth-order valence-corrected chi connectivity index (χ4v) is 4.54. The van der Waals surface area contributed by atoms with E-state index >= 15 is 0 Å². The molecule has 2 aromatic carbocycles. The van der Waals surface area contributed by atoms with Crippen LogP contribution < -0.4 is 5.32 Å². The molecule has 0 heterocycles. The Morgan fingerprint density at radius 3 is 2.48 bits per heavy atom. The number of nitrogens with one attached hydrogen (secondary N) is 1. The second kappa shape index (κ2) is 8.98. The number of benzene rings is 2. The average Bonchev–Trinajstić information content (AvgIpc) is 2.55. The van der Waals surface area contributed by atoms with Crippen LogP contribution >= 0.6 is 35.6 Å². The molecule has 0 bridgehead atoms. The average molecular weight is 419 g/mol. The number of fused-ring (bicyclic) bond motifs is 1. The van der Waals surface area contributed by atoms with Gasteiger partial charge in [-0.05, 0) is 54.8 Å². The first-order chi connectivity index (χ1) is 11.5. The van der Waals surface area contributed by atoms with Crippen LogP contribution in [-0.4, -0.2) is 17.9 Å². The Bertz CT molecular complexity index is 739. The largest absolute Gasteiger partial charge is 0.616 e. The van der Waals surface area contributed by atoms with Gasteiger partial charge < -0.3 is 9.87 Å². The quantitative estimate of drug-likeness (QED) is 0.667. The van der Waals surface area contributed by atoms with Gasteiger partial charge in [-0.25, -0.2) is 0 Å². The van der Waals surface area contributed by atoms with Crippen LogP contribution in [0.25, 0.3) is 0 Å². The lowest BCUT2D eigenvalue weighted by molar-refractivity contribution is 0.470. The van der Waals surface area contributed by atoms with Gasteiger partial charge >= 0.3 is 0 Å². The first-order valence-electron chi connectivity index (χ1n) is 8.04. The Morgan fingerprint density at radius 1 is 1.08 bits per heavy atom. The van der Waals surface area contributed by atoms with Crippen LogP contribution in [0.15, 0.2) is 36.4 Å². The van der Waals surface area contributed by atoms with E-state index in [4.69, 9.17) is 23.2 Å². The normalized spacial score (nSPS) is 20.5. The SMILES string of the molecule is CN[C@H]1CCC(c2ccc(Cl)c(Cl)c2)c2ccc(C[S+](C)[O-])cc21.Cl. The first kappa shape index (κ1) is 20.9. The van der Waals surface area contributed by atoms with Gasteiger partial charge in [-0.15, -0.1) is 12.4 Å². The fraction of sp³-hybridized carbons (Fsp3) is 0.368. The highest BCUT2D eigenvalue weighted by Gasteiger charge is 2.28. The van der Waals surface area contributed by atoms with Gasteiger partial charge in [-0.1, -0.05) is 52.6 Å². The molecule has 2 unspecified atom stereocenters. The Balaban J connectivity index is 0.00000225. The molecule has 0 saturated heterocycles. The summed E-state index contributed by atoms with van der Waals surface area (Å²) < 4.78 is 11.6. The van der Waals surface area contributed by atoms with Crippen molar-refractivity contribution in [2.75, 3.05) is 13.3 Å².